The van der Waals surface area contributed by atoms with Crippen LogP contribution in [-0.2, 0) is 14.3 Å². The second kappa shape index (κ2) is 9.14. The smallest absolute Gasteiger partial charge is 0.350 e. The van der Waals surface area contributed by atoms with Crippen molar-refractivity contribution in [1.29, 1.82) is 0 Å². The summed E-state index contributed by atoms with van der Waals surface area (Å²) in [5.41, 5.74) is 0.510. The number of carbonyl (C=O) groups is 3. The van der Waals surface area contributed by atoms with Crippen LogP contribution in [-0.4, -0.2) is 41.5 Å². The van der Waals surface area contributed by atoms with E-state index in [9.17, 15) is 19.5 Å². The van der Waals surface area contributed by atoms with Crippen LogP contribution in [0.3, 0.4) is 0 Å². The van der Waals surface area contributed by atoms with Gasteiger partial charge in [-0.2, -0.15) is 0 Å². The van der Waals surface area contributed by atoms with E-state index in [2.05, 4.69) is 4.98 Å². The molecule has 1 amide bonds. The summed E-state index contributed by atoms with van der Waals surface area (Å²) in [6, 6.07) is 8.83. The van der Waals surface area contributed by atoms with Crippen LogP contribution in [0, 0.1) is 13.8 Å². The predicted octanol–water partition coefficient (Wildman–Crippen LogP) is 4.16. The molecule has 1 aromatic carbocycles. The second-order valence-corrected chi connectivity index (χ2v) is 8.46. The van der Waals surface area contributed by atoms with Crippen LogP contribution in [0.25, 0.3) is 5.76 Å². The molecule has 1 N–H and O–H groups in total. The Kier molecular flexibility index (Phi) is 6.25. The molecule has 3 aromatic rings. The fourth-order valence-corrected chi connectivity index (χ4v) is 4.73. The van der Waals surface area contributed by atoms with Gasteiger partial charge in [0.05, 0.1) is 25.0 Å². The molecular formula is C24H22N2O7S. The summed E-state index contributed by atoms with van der Waals surface area (Å²) in [7, 11) is 1.25. The topological polar surface area (TPSA) is 119 Å². The molecule has 0 radical (unpaired) electrons. The summed E-state index contributed by atoms with van der Waals surface area (Å²) in [4.78, 5) is 44.2. The van der Waals surface area contributed by atoms with Gasteiger partial charge in [-0.1, -0.05) is 23.5 Å². The molecule has 1 aliphatic rings. The van der Waals surface area contributed by atoms with E-state index in [1.807, 2.05) is 6.92 Å². The maximum absolute atomic E-state index is 13.2. The van der Waals surface area contributed by atoms with E-state index in [1.54, 1.807) is 50.2 Å². The average Bonchev–Trinajstić information content (AvgIpc) is 3.49. The summed E-state index contributed by atoms with van der Waals surface area (Å²) in [6.45, 7) is 5.58. The number of benzene rings is 1. The largest absolute Gasteiger partial charge is 0.507 e. The lowest BCUT2D eigenvalue weighted by molar-refractivity contribution is -0.132. The molecule has 0 saturated carbocycles. The molecule has 9 nitrogen and oxygen atoms in total. The molecule has 0 aliphatic carbocycles. The Morgan fingerprint density at radius 2 is 2.00 bits per heavy atom. The molecule has 1 saturated heterocycles. The Hall–Kier alpha value is -3.92. The quantitative estimate of drug-likeness (QED) is 0.241. The zero-order valence-corrected chi connectivity index (χ0v) is 19.8. The van der Waals surface area contributed by atoms with Gasteiger partial charge in [0.15, 0.2) is 5.13 Å². The average molecular weight is 483 g/mol. The summed E-state index contributed by atoms with van der Waals surface area (Å²) in [5.74, 6) is -1.43. The first kappa shape index (κ1) is 23.2. The third-order valence-corrected chi connectivity index (χ3v) is 6.39. The van der Waals surface area contributed by atoms with Crippen molar-refractivity contribution in [2.45, 2.75) is 26.8 Å². The Labute approximate surface area is 199 Å². The van der Waals surface area contributed by atoms with Gasteiger partial charge in [0.1, 0.15) is 33.9 Å². The van der Waals surface area contributed by atoms with Crippen molar-refractivity contribution < 1.29 is 33.4 Å². The number of hydrogen-bond acceptors (Lipinski definition) is 9. The Balaban J connectivity index is 1.90. The number of furan rings is 1. The summed E-state index contributed by atoms with van der Waals surface area (Å²) < 4.78 is 16.0. The molecule has 34 heavy (non-hydrogen) atoms. The zero-order valence-electron chi connectivity index (χ0n) is 18.9. The van der Waals surface area contributed by atoms with Crippen molar-refractivity contribution >= 4 is 39.9 Å². The summed E-state index contributed by atoms with van der Waals surface area (Å²) in [5, 5.41) is 11.3. The second-order valence-electron chi connectivity index (χ2n) is 7.48. The van der Waals surface area contributed by atoms with Crippen LogP contribution in [0.5, 0.6) is 5.75 Å². The predicted molar refractivity (Wildman–Crippen MR) is 124 cm³/mol. The van der Waals surface area contributed by atoms with E-state index < -0.39 is 23.7 Å². The highest BCUT2D eigenvalue weighted by molar-refractivity contribution is 7.17. The Bertz CT molecular complexity index is 1320. The highest BCUT2D eigenvalue weighted by Crippen LogP contribution is 2.44. The van der Waals surface area contributed by atoms with Crippen LogP contribution >= 0.6 is 11.3 Å². The highest BCUT2D eigenvalue weighted by atomic mass is 32.1. The number of carbonyl (C=O) groups excluding carboxylic acids is 3. The van der Waals surface area contributed by atoms with Crippen LogP contribution in [0.2, 0.25) is 0 Å². The van der Waals surface area contributed by atoms with E-state index >= 15 is 0 Å². The SMILES string of the molecule is CCOc1cccc(/C(O)=C2\C(=O)C(=O)N(c3nc(C)c(C(=O)OC)s3)C2c2ccc(C)o2)c1. The number of amides is 1. The fourth-order valence-electron chi connectivity index (χ4n) is 3.72. The molecule has 3 heterocycles. The zero-order chi connectivity index (χ0) is 24.6. The number of esters is 1. The molecule has 1 unspecified atom stereocenters. The number of rotatable bonds is 6. The number of aromatic nitrogens is 1. The number of aliphatic hydroxyl groups excluding tert-OH is 1. The van der Waals surface area contributed by atoms with Gasteiger partial charge in [0, 0.05) is 5.56 Å². The minimum atomic E-state index is -1.08. The molecule has 1 atom stereocenters. The number of ether oxygens (including phenoxy) is 2. The van der Waals surface area contributed by atoms with E-state index in [-0.39, 0.29) is 27.1 Å². The van der Waals surface area contributed by atoms with Gasteiger partial charge in [-0.05, 0) is 45.0 Å². The number of nitrogens with zero attached hydrogens (tertiary/aromatic N) is 2. The number of ketones is 1. The Morgan fingerprint density at radius 1 is 1.24 bits per heavy atom. The minimum Gasteiger partial charge on any atom is -0.507 e. The number of anilines is 1. The lowest BCUT2D eigenvalue weighted by Gasteiger charge is -2.20. The van der Waals surface area contributed by atoms with Crippen molar-refractivity contribution in [3.05, 3.63) is 69.6 Å². The number of hydrogen-bond donors (Lipinski definition) is 1. The van der Waals surface area contributed by atoms with Gasteiger partial charge in [0.2, 0.25) is 0 Å². The first-order valence-corrected chi connectivity index (χ1v) is 11.2. The van der Waals surface area contributed by atoms with Crippen molar-refractivity contribution in [2.24, 2.45) is 0 Å². The maximum atomic E-state index is 13.2. The van der Waals surface area contributed by atoms with Gasteiger partial charge in [0.25, 0.3) is 5.78 Å². The molecule has 176 valence electrons. The molecule has 2 aromatic heterocycles. The van der Waals surface area contributed by atoms with Gasteiger partial charge >= 0.3 is 11.9 Å². The molecule has 1 aliphatic heterocycles. The molecule has 0 spiro atoms. The first-order chi connectivity index (χ1) is 16.3. The number of Topliss-reactive ketones (excluding diaryl/α,β-unsaturated/α-hetero) is 1. The monoisotopic (exact) mass is 482 g/mol. The van der Waals surface area contributed by atoms with E-state index in [0.717, 1.165) is 16.2 Å². The number of methoxy groups -OCH3 is 1. The third kappa shape index (κ3) is 3.96. The van der Waals surface area contributed by atoms with Crippen molar-refractivity contribution in [2.75, 3.05) is 18.6 Å². The lowest BCUT2D eigenvalue weighted by Crippen LogP contribution is -2.29. The Morgan fingerprint density at radius 3 is 2.65 bits per heavy atom. The number of aryl methyl sites for hydroxylation is 2. The fraction of sp³-hybridized carbons (Fsp3) is 0.250. The van der Waals surface area contributed by atoms with Crippen molar-refractivity contribution in [1.82, 2.24) is 4.98 Å². The standard InChI is InChI=1S/C24H22N2O7S/c1-5-32-15-8-6-7-14(11-15)19(27)17-18(16-10-9-12(2)33-16)26(22(29)20(17)28)24-25-13(3)21(34-24)23(30)31-4/h6-11,18,27H,5H2,1-4H3/b19-17+. The number of aliphatic hydroxyl groups is 1. The van der Waals surface area contributed by atoms with Gasteiger partial charge in [-0.25, -0.2) is 9.78 Å². The van der Waals surface area contributed by atoms with E-state index in [0.29, 0.717) is 29.4 Å². The van der Waals surface area contributed by atoms with E-state index in [1.165, 1.54) is 7.11 Å². The summed E-state index contributed by atoms with van der Waals surface area (Å²) >= 11 is 0.920. The molecule has 1 fully saturated rings. The van der Waals surface area contributed by atoms with Crippen molar-refractivity contribution in [3.63, 3.8) is 0 Å². The third-order valence-electron chi connectivity index (χ3n) is 5.26. The van der Waals surface area contributed by atoms with Gasteiger partial charge < -0.3 is 19.0 Å². The highest BCUT2D eigenvalue weighted by Gasteiger charge is 2.50. The van der Waals surface area contributed by atoms with Crippen LogP contribution in [0.1, 0.15) is 45.4 Å². The maximum Gasteiger partial charge on any atom is 0.350 e. The van der Waals surface area contributed by atoms with Crippen LogP contribution < -0.4 is 9.64 Å². The molecular weight excluding hydrogens is 460 g/mol. The van der Waals surface area contributed by atoms with Crippen LogP contribution in [0.4, 0.5) is 5.13 Å². The van der Waals surface area contributed by atoms with Crippen LogP contribution in [0.15, 0.2) is 46.4 Å². The van der Waals surface area contributed by atoms with Gasteiger partial charge in [-0.3, -0.25) is 14.5 Å². The van der Waals surface area contributed by atoms with Crippen molar-refractivity contribution in [3.8, 4) is 5.75 Å². The molecule has 4 rings (SSSR count). The molecule has 10 heteroatoms. The lowest BCUT2D eigenvalue weighted by atomic mass is 9.99. The van der Waals surface area contributed by atoms with E-state index in [4.69, 9.17) is 13.9 Å². The minimum absolute atomic E-state index is 0.112. The van der Waals surface area contributed by atoms with Gasteiger partial charge in [-0.15, -0.1) is 0 Å². The first-order valence-electron chi connectivity index (χ1n) is 10.4. The normalized spacial score (nSPS) is 17.3. The number of thiazole rings is 1. The summed E-state index contributed by atoms with van der Waals surface area (Å²) in [6.07, 6.45) is 0. The molecule has 0 bridgehead atoms.